The molecular formula is C8H13N3O3. The standard InChI is InChI=1S/C8H13N3O3/c12-8(13)10-4-2-1-3-7(10)11-5-6-14-9-11/h5-7,9H,1-4H2,(H,12,13). The van der Waals surface area contributed by atoms with Crippen LogP contribution in [0, 0.1) is 0 Å². The van der Waals surface area contributed by atoms with Gasteiger partial charge in [-0.25, -0.2) is 4.79 Å². The van der Waals surface area contributed by atoms with Gasteiger partial charge in [0.15, 0.2) is 0 Å². The van der Waals surface area contributed by atoms with Crippen molar-refractivity contribution in [2.24, 2.45) is 0 Å². The van der Waals surface area contributed by atoms with Crippen LogP contribution in [0.5, 0.6) is 0 Å². The summed E-state index contributed by atoms with van der Waals surface area (Å²) < 4.78 is 0. The highest BCUT2D eigenvalue weighted by molar-refractivity contribution is 5.65. The zero-order chi connectivity index (χ0) is 9.97. The molecule has 1 unspecified atom stereocenters. The van der Waals surface area contributed by atoms with Crippen LogP contribution in [-0.4, -0.2) is 33.8 Å². The monoisotopic (exact) mass is 199 g/mol. The molecule has 2 aliphatic rings. The molecule has 1 amide bonds. The summed E-state index contributed by atoms with van der Waals surface area (Å²) in [7, 11) is 0. The zero-order valence-electron chi connectivity index (χ0n) is 7.72. The van der Waals surface area contributed by atoms with Gasteiger partial charge in [0.25, 0.3) is 0 Å². The van der Waals surface area contributed by atoms with E-state index in [4.69, 9.17) is 9.94 Å². The Balaban J connectivity index is 2.05. The van der Waals surface area contributed by atoms with Gasteiger partial charge in [0.1, 0.15) is 12.4 Å². The Morgan fingerprint density at radius 2 is 2.43 bits per heavy atom. The molecule has 0 radical (unpaired) electrons. The van der Waals surface area contributed by atoms with Gasteiger partial charge in [-0.2, -0.15) is 0 Å². The average Bonchev–Trinajstić information content (AvgIpc) is 2.70. The van der Waals surface area contributed by atoms with Crippen molar-refractivity contribution in [2.75, 3.05) is 6.54 Å². The Morgan fingerprint density at radius 3 is 3.07 bits per heavy atom. The van der Waals surface area contributed by atoms with Gasteiger partial charge in [0.2, 0.25) is 0 Å². The predicted molar refractivity (Wildman–Crippen MR) is 47.6 cm³/mol. The van der Waals surface area contributed by atoms with Crippen LogP contribution in [0.15, 0.2) is 12.5 Å². The summed E-state index contributed by atoms with van der Waals surface area (Å²) in [6.45, 7) is 0.589. The molecule has 78 valence electrons. The second-order valence-corrected chi connectivity index (χ2v) is 3.35. The van der Waals surface area contributed by atoms with Gasteiger partial charge in [-0.3, -0.25) is 9.91 Å². The molecule has 0 saturated carbocycles. The van der Waals surface area contributed by atoms with E-state index in [0.717, 1.165) is 19.3 Å². The summed E-state index contributed by atoms with van der Waals surface area (Å²) in [4.78, 5) is 17.2. The number of hydrogen-bond acceptors (Lipinski definition) is 4. The Labute approximate surface area is 81.7 Å². The summed E-state index contributed by atoms with van der Waals surface area (Å²) in [5.41, 5.74) is 2.63. The van der Waals surface area contributed by atoms with Crippen molar-refractivity contribution in [1.82, 2.24) is 15.5 Å². The van der Waals surface area contributed by atoms with Gasteiger partial charge in [-0.15, -0.1) is 0 Å². The van der Waals surface area contributed by atoms with Crippen LogP contribution in [0.2, 0.25) is 0 Å². The maximum absolute atomic E-state index is 10.9. The van der Waals surface area contributed by atoms with E-state index in [0.29, 0.717) is 6.54 Å². The van der Waals surface area contributed by atoms with Crippen molar-refractivity contribution >= 4 is 6.09 Å². The van der Waals surface area contributed by atoms with Crippen LogP contribution >= 0.6 is 0 Å². The second kappa shape index (κ2) is 3.75. The van der Waals surface area contributed by atoms with Crippen molar-refractivity contribution in [1.29, 1.82) is 0 Å². The first kappa shape index (κ1) is 9.14. The van der Waals surface area contributed by atoms with Crippen molar-refractivity contribution in [3.05, 3.63) is 12.5 Å². The van der Waals surface area contributed by atoms with Gasteiger partial charge in [0.05, 0.1) is 6.20 Å². The van der Waals surface area contributed by atoms with Crippen molar-refractivity contribution < 1.29 is 14.7 Å². The van der Waals surface area contributed by atoms with Crippen LogP contribution in [0.3, 0.4) is 0 Å². The summed E-state index contributed by atoms with van der Waals surface area (Å²) >= 11 is 0. The number of likely N-dealkylation sites (tertiary alicyclic amines) is 1. The smallest absolute Gasteiger partial charge is 0.408 e. The van der Waals surface area contributed by atoms with Crippen molar-refractivity contribution in [2.45, 2.75) is 25.4 Å². The molecule has 2 heterocycles. The highest BCUT2D eigenvalue weighted by Gasteiger charge is 2.31. The summed E-state index contributed by atoms with van der Waals surface area (Å²) in [6.07, 6.45) is 4.96. The molecule has 0 bridgehead atoms. The first-order valence-electron chi connectivity index (χ1n) is 4.65. The number of nitrogens with zero attached hydrogens (tertiary/aromatic N) is 2. The van der Waals surface area contributed by atoms with E-state index in [2.05, 4.69) is 5.59 Å². The van der Waals surface area contributed by atoms with Gasteiger partial charge >= 0.3 is 6.09 Å². The molecule has 0 aromatic rings. The molecule has 2 N–H and O–H groups in total. The maximum Gasteiger partial charge on any atom is 0.408 e. The average molecular weight is 199 g/mol. The topological polar surface area (TPSA) is 65.0 Å². The van der Waals surface area contributed by atoms with E-state index < -0.39 is 6.09 Å². The third-order valence-corrected chi connectivity index (χ3v) is 2.49. The Morgan fingerprint density at radius 1 is 1.57 bits per heavy atom. The predicted octanol–water partition coefficient (Wildman–Crippen LogP) is 0.699. The van der Waals surface area contributed by atoms with E-state index in [1.54, 1.807) is 11.2 Å². The fraction of sp³-hybridized carbons (Fsp3) is 0.625. The number of amides is 1. The fourth-order valence-corrected chi connectivity index (χ4v) is 1.80. The third kappa shape index (κ3) is 1.60. The quantitative estimate of drug-likeness (QED) is 0.650. The lowest BCUT2D eigenvalue weighted by molar-refractivity contribution is -0.0491. The van der Waals surface area contributed by atoms with Gasteiger partial charge in [0, 0.05) is 6.54 Å². The number of carbonyl (C=O) groups is 1. The Hall–Kier alpha value is -1.43. The number of nitrogens with one attached hydrogen (secondary N) is 1. The second-order valence-electron chi connectivity index (χ2n) is 3.35. The summed E-state index contributed by atoms with van der Waals surface area (Å²) in [5, 5.41) is 10.6. The van der Waals surface area contributed by atoms with Gasteiger partial charge < -0.3 is 9.94 Å². The minimum Gasteiger partial charge on any atom is -0.465 e. The van der Waals surface area contributed by atoms with Crippen molar-refractivity contribution in [3.63, 3.8) is 0 Å². The number of carboxylic acid groups (broad SMARTS) is 1. The van der Waals surface area contributed by atoms with Gasteiger partial charge in [-0.1, -0.05) is 5.59 Å². The normalized spacial score (nSPS) is 26.4. The van der Waals surface area contributed by atoms with Crippen LogP contribution in [0.4, 0.5) is 4.79 Å². The van der Waals surface area contributed by atoms with E-state index in [-0.39, 0.29) is 6.17 Å². The maximum atomic E-state index is 10.9. The minimum absolute atomic E-state index is 0.153. The van der Waals surface area contributed by atoms with Crippen molar-refractivity contribution in [3.8, 4) is 0 Å². The summed E-state index contributed by atoms with van der Waals surface area (Å²) in [6, 6.07) is 0. The summed E-state index contributed by atoms with van der Waals surface area (Å²) in [5.74, 6) is 0. The first-order valence-corrected chi connectivity index (χ1v) is 4.65. The van der Waals surface area contributed by atoms with Crippen LogP contribution in [0.25, 0.3) is 0 Å². The molecule has 0 spiro atoms. The third-order valence-electron chi connectivity index (χ3n) is 2.49. The lowest BCUT2D eigenvalue weighted by atomic mass is 10.1. The van der Waals surface area contributed by atoms with E-state index in [1.165, 1.54) is 11.2 Å². The Bertz CT molecular complexity index is 256. The molecule has 1 atom stereocenters. The van der Waals surface area contributed by atoms with Crippen LogP contribution in [-0.2, 0) is 4.84 Å². The molecule has 1 fully saturated rings. The molecule has 2 aliphatic heterocycles. The molecule has 6 nitrogen and oxygen atoms in total. The first-order chi connectivity index (χ1) is 6.79. The molecule has 14 heavy (non-hydrogen) atoms. The lowest BCUT2D eigenvalue weighted by Crippen LogP contribution is -2.53. The highest BCUT2D eigenvalue weighted by Crippen LogP contribution is 2.20. The fourth-order valence-electron chi connectivity index (χ4n) is 1.80. The minimum atomic E-state index is -0.878. The van der Waals surface area contributed by atoms with E-state index >= 15 is 0 Å². The highest BCUT2D eigenvalue weighted by atomic mass is 16.7. The number of rotatable bonds is 1. The van der Waals surface area contributed by atoms with E-state index in [9.17, 15) is 4.79 Å². The molecule has 1 saturated heterocycles. The van der Waals surface area contributed by atoms with Crippen LogP contribution < -0.4 is 5.59 Å². The molecule has 6 heteroatoms. The number of hydrazine groups is 1. The SMILES string of the molecule is O=C(O)N1CCCCC1N1C=CON1. The Kier molecular flexibility index (Phi) is 2.45. The van der Waals surface area contributed by atoms with E-state index in [1.807, 2.05) is 0 Å². The molecule has 0 aliphatic carbocycles. The lowest BCUT2D eigenvalue weighted by Gasteiger charge is -2.37. The largest absolute Gasteiger partial charge is 0.465 e. The number of piperidine rings is 1. The molecule has 0 aromatic heterocycles. The van der Waals surface area contributed by atoms with Gasteiger partial charge in [-0.05, 0) is 19.3 Å². The zero-order valence-corrected chi connectivity index (χ0v) is 7.72. The molecule has 2 rings (SSSR count). The number of hydrogen-bond donors (Lipinski definition) is 2. The molecule has 0 aromatic carbocycles. The van der Waals surface area contributed by atoms with Crippen LogP contribution in [0.1, 0.15) is 19.3 Å². The molecular weight excluding hydrogens is 186 g/mol.